The standard InChI is InChI=1S/C26H19BrFN3O5/c1-15-3-2-4-19(11-15)29-23(32)14-36-22-10-5-17(27)12-16(22)13-21-24(33)30-26(35)31(25(21)34)20-8-6-18(28)7-9-20/h2-13H,14H2,1H3,(H,29,32)(H,30,33,35)/b21-13+. The van der Waals surface area contributed by atoms with E-state index in [1.165, 1.54) is 18.2 Å². The Morgan fingerprint density at radius 1 is 1.08 bits per heavy atom. The number of nitrogens with one attached hydrogen (secondary N) is 2. The average Bonchev–Trinajstić information content (AvgIpc) is 2.82. The van der Waals surface area contributed by atoms with Crippen molar-refractivity contribution < 1.29 is 28.3 Å². The SMILES string of the molecule is Cc1cccc(NC(=O)COc2ccc(Br)cc2/C=C2\C(=O)NC(=O)N(c3ccc(F)cc3)C2=O)c1. The van der Waals surface area contributed by atoms with Crippen LogP contribution >= 0.6 is 15.9 Å². The summed E-state index contributed by atoms with van der Waals surface area (Å²) in [5, 5.41) is 4.84. The largest absolute Gasteiger partial charge is 0.483 e. The van der Waals surface area contributed by atoms with Crippen LogP contribution in [0.5, 0.6) is 5.75 Å². The lowest BCUT2D eigenvalue weighted by Gasteiger charge is -2.26. The van der Waals surface area contributed by atoms with E-state index in [2.05, 4.69) is 26.6 Å². The molecule has 1 aliphatic heterocycles. The van der Waals surface area contributed by atoms with Crippen molar-refractivity contribution >= 4 is 57.1 Å². The molecular formula is C26H19BrFN3O5. The predicted molar refractivity (Wildman–Crippen MR) is 135 cm³/mol. The second-order valence-electron chi connectivity index (χ2n) is 7.82. The Labute approximate surface area is 213 Å². The van der Waals surface area contributed by atoms with E-state index in [1.54, 1.807) is 24.3 Å². The Morgan fingerprint density at radius 3 is 2.56 bits per heavy atom. The van der Waals surface area contributed by atoms with Crippen LogP contribution in [-0.4, -0.2) is 30.4 Å². The summed E-state index contributed by atoms with van der Waals surface area (Å²) in [5.74, 6) is -2.50. The lowest BCUT2D eigenvalue weighted by Crippen LogP contribution is -2.54. The fraction of sp³-hybridized carbons (Fsp3) is 0.0769. The zero-order valence-electron chi connectivity index (χ0n) is 18.9. The number of hydrogen-bond acceptors (Lipinski definition) is 5. The molecule has 0 aliphatic carbocycles. The number of benzene rings is 3. The number of urea groups is 1. The first kappa shape index (κ1) is 24.8. The van der Waals surface area contributed by atoms with Gasteiger partial charge in [0.05, 0.1) is 5.69 Å². The van der Waals surface area contributed by atoms with Gasteiger partial charge in [-0.2, -0.15) is 0 Å². The number of hydrogen-bond donors (Lipinski definition) is 2. The second-order valence-corrected chi connectivity index (χ2v) is 8.74. The van der Waals surface area contributed by atoms with Crippen LogP contribution in [0.25, 0.3) is 6.08 Å². The number of carbonyl (C=O) groups is 4. The van der Waals surface area contributed by atoms with Gasteiger partial charge >= 0.3 is 6.03 Å². The predicted octanol–water partition coefficient (Wildman–Crippen LogP) is 4.58. The molecule has 0 atom stereocenters. The topological polar surface area (TPSA) is 105 Å². The van der Waals surface area contributed by atoms with Crippen LogP contribution in [0, 0.1) is 12.7 Å². The number of amides is 5. The number of barbiturate groups is 1. The average molecular weight is 552 g/mol. The van der Waals surface area contributed by atoms with Crippen LogP contribution in [-0.2, 0) is 14.4 Å². The van der Waals surface area contributed by atoms with E-state index in [0.717, 1.165) is 22.6 Å². The van der Waals surface area contributed by atoms with Crippen molar-refractivity contribution in [1.29, 1.82) is 0 Å². The number of nitrogens with zero attached hydrogens (tertiary/aromatic N) is 1. The van der Waals surface area contributed by atoms with Gasteiger partial charge in [-0.25, -0.2) is 14.1 Å². The first-order valence-corrected chi connectivity index (χ1v) is 11.5. The van der Waals surface area contributed by atoms with Crippen molar-refractivity contribution in [2.75, 3.05) is 16.8 Å². The highest BCUT2D eigenvalue weighted by Gasteiger charge is 2.37. The van der Waals surface area contributed by atoms with Crippen LogP contribution < -0.4 is 20.3 Å². The van der Waals surface area contributed by atoms with Crippen molar-refractivity contribution in [3.05, 3.63) is 93.7 Å². The smallest absolute Gasteiger partial charge is 0.335 e. The van der Waals surface area contributed by atoms with Crippen LogP contribution in [0.15, 0.2) is 76.8 Å². The summed E-state index contributed by atoms with van der Waals surface area (Å²) in [7, 11) is 0. The molecule has 1 heterocycles. The summed E-state index contributed by atoms with van der Waals surface area (Å²) in [6.07, 6.45) is 1.26. The van der Waals surface area contributed by atoms with Gasteiger partial charge in [0.1, 0.15) is 17.1 Å². The maximum Gasteiger partial charge on any atom is 0.335 e. The summed E-state index contributed by atoms with van der Waals surface area (Å²) in [6.45, 7) is 1.58. The maximum absolute atomic E-state index is 13.3. The summed E-state index contributed by atoms with van der Waals surface area (Å²) >= 11 is 3.34. The summed E-state index contributed by atoms with van der Waals surface area (Å²) in [6, 6.07) is 15.9. The molecule has 8 nitrogen and oxygen atoms in total. The second kappa shape index (κ2) is 10.5. The highest BCUT2D eigenvalue weighted by Crippen LogP contribution is 2.28. The maximum atomic E-state index is 13.3. The zero-order chi connectivity index (χ0) is 25.8. The van der Waals surface area contributed by atoms with Gasteiger partial charge in [-0.3, -0.25) is 19.7 Å². The molecule has 1 aliphatic rings. The molecule has 0 aromatic heterocycles. The fourth-order valence-corrected chi connectivity index (χ4v) is 3.84. The lowest BCUT2D eigenvalue weighted by atomic mass is 10.1. The van der Waals surface area contributed by atoms with Gasteiger partial charge in [-0.05, 0) is 73.2 Å². The van der Waals surface area contributed by atoms with Gasteiger partial charge in [0, 0.05) is 15.7 Å². The number of ether oxygens (including phenoxy) is 1. The molecule has 4 rings (SSSR count). The zero-order valence-corrected chi connectivity index (χ0v) is 20.5. The van der Waals surface area contributed by atoms with E-state index in [-0.39, 0.29) is 23.6 Å². The van der Waals surface area contributed by atoms with Gasteiger partial charge in [-0.1, -0.05) is 28.1 Å². The van der Waals surface area contributed by atoms with Crippen LogP contribution in [0.3, 0.4) is 0 Å². The minimum absolute atomic E-state index is 0.0934. The van der Waals surface area contributed by atoms with Crippen molar-refractivity contribution in [1.82, 2.24) is 5.32 Å². The Hall–Kier alpha value is -4.31. The molecule has 0 radical (unpaired) electrons. The molecule has 0 bridgehead atoms. The van der Waals surface area contributed by atoms with Crippen LogP contribution in [0.4, 0.5) is 20.6 Å². The summed E-state index contributed by atoms with van der Waals surface area (Å²) < 4.78 is 19.6. The Kier molecular flexibility index (Phi) is 7.25. The van der Waals surface area contributed by atoms with E-state index in [4.69, 9.17) is 4.74 Å². The van der Waals surface area contributed by atoms with E-state index < -0.39 is 29.6 Å². The summed E-state index contributed by atoms with van der Waals surface area (Å²) in [5.41, 5.74) is 1.68. The molecule has 1 saturated heterocycles. The lowest BCUT2D eigenvalue weighted by molar-refractivity contribution is -0.122. The fourth-order valence-electron chi connectivity index (χ4n) is 3.46. The van der Waals surface area contributed by atoms with E-state index in [1.807, 2.05) is 25.1 Å². The Morgan fingerprint density at radius 2 is 1.83 bits per heavy atom. The van der Waals surface area contributed by atoms with Gasteiger partial charge < -0.3 is 10.1 Å². The molecule has 36 heavy (non-hydrogen) atoms. The number of carbonyl (C=O) groups excluding carboxylic acids is 4. The molecule has 1 fully saturated rings. The number of halogens is 2. The van der Waals surface area contributed by atoms with E-state index >= 15 is 0 Å². The quantitative estimate of drug-likeness (QED) is 0.344. The third kappa shape index (κ3) is 5.66. The van der Waals surface area contributed by atoms with Crippen molar-refractivity contribution in [3.63, 3.8) is 0 Å². The van der Waals surface area contributed by atoms with Crippen LogP contribution in [0.2, 0.25) is 0 Å². The Balaban J connectivity index is 1.58. The normalized spacial score (nSPS) is 14.6. The van der Waals surface area contributed by atoms with Crippen molar-refractivity contribution in [2.24, 2.45) is 0 Å². The number of rotatable bonds is 6. The number of aryl methyl sites for hydroxylation is 1. The van der Waals surface area contributed by atoms with Gasteiger partial charge in [0.2, 0.25) is 0 Å². The van der Waals surface area contributed by atoms with Crippen molar-refractivity contribution in [2.45, 2.75) is 6.92 Å². The van der Waals surface area contributed by atoms with Gasteiger partial charge in [-0.15, -0.1) is 0 Å². The number of anilines is 2. The van der Waals surface area contributed by atoms with Gasteiger partial charge in [0.25, 0.3) is 17.7 Å². The minimum atomic E-state index is -0.952. The molecular weight excluding hydrogens is 533 g/mol. The summed E-state index contributed by atoms with van der Waals surface area (Å²) in [4.78, 5) is 51.1. The first-order chi connectivity index (χ1) is 17.2. The highest BCUT2D eigenvalue weighted by atomic mass is 79.9. The molecule has 0 saturated carbocycles. The van der Waals surface area contributed by atoms with Crippen LogP contribution in [0.1, 0.15) is 11.1 Å². The Bertz CT molecular complexity index is 1400. The molecule has 10 heteroatoms. The van der Waals surface area contributed by atoms with E-state index in [0.29, 0.717) is 15.7 Å². The molecule has 3 aromatic rings. The minimum Gasteiger partial charge on any atom is -0.483 e. The molecule has 182 valence electrons. The van der Waals surface area contributed by atoms with Gasteiger partial charge in [0.15, 0.2) is 6.61 Å². The number of imide groups is 2. The third-order valence-corrected chi connectivity index (χ3v) is 5.61. The third-order valence-electron chi connectivity index (χ3n) is 5.12. The highest BCUT2D eigenvalue weighted by molar-refractivity contribution is 9.10. The molecule has 3 aromatic carbocycles. The monoisotopic (exact) mass is 551 g/mol. The molecule has 0 unspecified atom stereocenters. The molecule has 5 amide bonds. The van der Waals surface area contributed by atoms with E-state index in [9.17, 15) is 23.6 Å². The first-order valence-electron chi connectivity index (χ1n) is 10.7. The van der Waals surface area contributed by atoms with Crippen molar-refractivity contribution in [3.8, 4) is 5.75 Å². The molecule has 2 N–H and O–H groups in total. The molecule has 0 spiro atoms.